The fourth-order valence-corrected chi connectivity index (χ4v) is 1.11. The maximum atomic E-state index is 11.4. The first-order valence-electron chi connectivity index (χ1n) is 4.94. The van der Waals surface area contributed by atoms with Gasteiger partial charge in [0.25, 0.3) is 0 Å². The molecule has 0 aliphatic heterocycles. The van der Waals surface area contributed by atoms with Crippen LogP contribution in [0.25, 0.3) is 0 Å². The predicted octanol–water partition coefficient (Wildman–Crippen LogP) is 0.764. The summed E-state index contributed by atoms with van der Waals surface area (Å²) in [5, 5.41) is 0. The molecule has 0 rings (SSSR count). The number of hydrogen-bond donors (Lipinski definition) is 0. The van der Waals surface area contributed by atoms with Gasteiger partial charge in [0.05, 0.1) is 19.6 Å². The van der Waals surface area contributed by atoms with E-state index in [4.69, 9.17) is 9.47 Å². The SMILES string of the molecule is CCOC(=O)C(C)C(OCC)C(=O)OC. The molecule has 0 bridgehead atoms. The van der Waals surface area contributed by atoms with Gasteiger partial charge in [-0.1, -0.05) is 0 Å². The van der Waals surface area contributed by atoms with Crippen LogP contribution in [0.3, 0.4) is 0 Å². The van der Waals surface area contributed by atoms with Crippen LogP contribution >= 0.6 is 0 Å². The van der Waals surface area contributed by atoms with E-state index in [1.807, 2.05) is 0 Å². The maximum absolute atomic E-state index is 11.4. The fraction of sp³-hybridized carbons (Fsp3) is 0.800. The molecule has 5 nitrogen and oxygen atoms in total. The molecule has 0 saturated carbocycles. The molecule has 5 heteroatoms. The Balaban J connectivity index is 4.46. The zero-order chi connectivity index (χ0) is 11.8. The number of esters is 2. The highest BCUT2D eigenvalue weighted by Crippen LogP contribution is 2.11. The number of rotatable bonds is 6. The van der Waals surface area contributed by atoms with E-state index in [0.717, 1.165) is 0 Å². The minimum absolute atomic E-state index is 0.281. The Bertz CT molecular complexity index is 214. The summed E-state index contributed by atoms with van der Waals surface area (Å²) in [6, 6.07) is 0. The normalized spacial score (nSPS) is 14.1. The van der Waals surface area contributed by atoms with Crippen molar-refractivity contribution in [2.24, 2.45) is 5.92 Å². The van der Waals surface area contributed by atoms with Gasteiger partial charge in [0.15, 0.2) is 6.10 Å². The lowest BCUT2D eigenvalue weighted by atomic mass is 10.1. The minimum atomic E-state index is -0.890. The van der Waals surface area contributed by atoms with E-state index in [-0.39, 0.29) is 6.61 Å². The van der Waals surface area contributed by atoms with Gasteiger partial charge in [0.1, 0.15) is 0 Å². The van der Waals surface area contributed by atoms with Crippen molar-refractivity contribution in [1.29, 1.82) is 0 Å². The van der Waals surface area contributed by atoms with E-state index in [2.05, 4.69) is 4.74 Å². The molecule has 88 valence electrons. The van der Waals surface area contributed by atoms with Crippen molar-refractivity contribution in [3.8, 4) is 0 Å². The lowest BCUT2D eigenvalue weighted by molar-refractivity contribution is -0.167. The molecule has 2 atom stereocenters. The molecule has 0 amide bonds. The van der Waals surface area contributed by atoms with E-state index in [0.29, 0.717) is 6.61 Å². The molecule has 2 unspecified atom stereocenters. The van der Waals surface area contributed by atoms with Gasteiger partial charge in [0.2, 0.25) is 0 Å². The van der Waals surface area contributed by atoms with Crippen LogP contribution in [0.1, 0.15) is 20.8 Å². The summed E-state index contributed by atoms with van der Waals surface area (Å²) in [4.78, 5) is 22.7. The van der Waals surface area contributed by atoms with Crippen LogP contribution in [0.2, 0.25) is 0 Å². The molecule has 0 fully saturated rings. The highest BCUT2D eigenvalue weighted by atomic mass is 16.6. The van der Waals surface area contributed by atoms with Crippen molar-refractivity contribution in [2.45, 2.75) is 26.9 Å². The fourth-order valence-electron chi connectivity index (χ4n) is 1.11. The Morgan fingerprint density at radius 3 is 2.13 bits per heavy atom. The first-order chi connectivity index (χ1) is 7.08. The monoisotopic (exact) mass is 218 g/mol. The molecule has 0 N–H and O–H groups in total. The topological polar surface area (TPSA) is 61.8 Å². The Kier molecular flexibility index (Phi) is 6.70. The molecule has 0 aromatic rings. The van der Waals surface area contributed by atoms with Gasteiger partial charge in [-0.05, 0) is 20.8 Å². The van der Waals surface area contributed by atoms with Gasteiger partial charge in [-0.25, -0.2) is 4.79 Å². The van der Waals surface area contributed by atoms with Crippen LogP contribution in [0.15, 0.2) is 0 Å². The van der Waals surface area contributed by atoms with E-state index < -0.39 is 24.0 Å². The molecule has 0 spiro atoms. The first kappa shape index (κ1) is 13.9. The van der Waals surface area contributed by atoms with Crippen molar-refractivity contribution in [3.05, 3.63) is 0 Å². The van der Waals surface area contributed by atoms with E-state index in [9.17, 15) is 9.59 Å². The van der Waals surface area contributed by atoms with Gasteiger partial charge in [-0.2, -0.15) is 0 Å². The largest absolute Gasteiger partial charge is 0.467 e. The van der Waals surface area contributed by atoms with Crippen LogP contribution in [0.5, 0.6) is 0 Å². The lowest BCUT2D eigenvalue weighted by Crippen LogP contribution is -2.37. The molecule has 0 aliphatic rings. The highest BCUT2D eigenvalue weighted by molar-refractivity contribution is 5.83. The molecule has 0 saturated heterocycles. The molecule has 0 aromatic carbocycles. The molecule has 0 heterocycles. The molecule has 15 heavy (non-hydrogen) atoms. The average Bonchev–Trinajstić information content (AvgIpc) is 2.24. The first-order valence-corrected chi connectivity index (χ1v) is 4.94. The molecular formula is C10H18O5. The summed E-state index contributed by atoms with van der Waals surface area (Å²) in [5.41, 5.74) is 0. The third kappa shape index (κ3) is 4.29. The van der Waals surface area contributed by atoms with Gasteiger partial charge in [-0.15, -0.1) is 0 Å². The van der Waals surface area contributed by atoms with Gasteiger partial charge in [-0.3, -0.25) is 4.79 Å². The predicted molar refractivity (Wildman–Crippen MR) is 53.2 cm³/mol. The molecular weight excluding hydrogens is 200 g/mol. The van der Waals surface area contributed by atoms with E-state index >= 15 is 0 Å². The smallest absolute Gasteiger partial charge is 0.335 e. The van der Waals surface area contributed by atoms with Crippen molar-refractivity contribution in [1.82, 2.24) is 0 Å². The summed E-state index contributed by atoms with van der Waals surface area (Å²) < 4.78 is 14.5. The number of ether oxygens (including phenoxy) is 3. The van der Waals surface area contributed by atoms with Crippen LogP contribution in [0.4, 0.5) is 0 Å². The second kappa shape index (κ2) is 7.23. The van der Waals surface area contributed by atoms with Crippen LogP contribution in [-0.4, -0.2) is 38.4 Å². The molecule has 0 radical (unpaired) electrons. The summed E-state index contributed by atoms with van der Waals surface area (Å²) in [7, 11) is 1.26. The number of hydrogen-bond acceptors (Lipinski definition) is 5. The van der Waals surface area contributed by atoms with Crippen molar-refractivity contribution >= 4 is 11.9 Å². The summed E-state index contributed by atoms with van der Waals surface area (Å²) in [6.07, 6.45) is -0.890. The van der Waals surface area contributed by atoms with Gasteiger partial charge in [0, 0.05) is 6.61 Å². The molecule has 0 aromatic heterocycles. The van der Waals surface area contributed by atoms with Gasteiger partial charge >= 0.3 is 11.9 Å². The third-order valence-electron chi connectivity index (χ3n) is 1.89. The number of carbonyl (C=O) groups is 2. The third-order valence-corrected chi connectivity index (χ3v) is 1.89. The van der Waals surface area contributed by atoms with Crippen LogP contribution in [0, 0.1) is 5.92 Å². The second-order valence-electron chi connectivity index (χ2n) is 2.94. The van der Waals surface area contributed by atoms with Crippen molar-refractivity contribution in [3.63, 3.8) is 0 Å². The summed E-state index contributed by atoms with van der Waals surface area (Å²) >= 11 is 0. The molecule has 0 aliphatic carbocycles. The van der Waals surface area contributed by atoms with Gasteiger partial charge < -0.3 is 14.2 Å². The zero-order valence-corrected chi connectivity index (χ0v) is 9.61. The lowest BCUT2D eigenvalue weighted by Gasteiger charge is -2.19. The van der Waals surface area contributed by atoms with E-state index in [1.165, 1.54) is 7.11 Å². The zero-order valence-electron chi connectivity index (χ0n) is 9.61. The second-order valence-corrected chi connectivity index (χ2v) is 2.94. The van der Waals surface area contributed by atoms with Crippen molar-refractivity contribution in [2.75, 3.05) is 20.3 Å². The Hall–Kier alpha value is -1.10. The van der Waals surface area contributed by atoms with Crippen LogP contribution < -0.4 is 0 Å². The number of methoxy groups -OCH3 is 1. The minimum Gasteiger partial charge on any atom is -0.467 e. The Morgan fingerprint density at radius 1 is 1.13 bits per heavy atom. The number of carbonyl (C=O) groups excluding carboxylic acids is 2. The van der Waals surface area contributed by atoms with Crippen LogP contribution in [-0.2, 0) is 23.8 Å². The Labute approximate surface area is 89.7 Å². The average molecular weight is 218 g/mol. The Morgan fingerprint density at radius 2 is 1.73 bits per heavy atom. The standard InChI is InChI=1S/C10H18O5/c1-5-14-8(10(12)13-4)7(3)9(11)15-6-2/h7-8H,5-6H2,1-4H3. The van der Waals surface area contributed by atoms with Crippen molar-refractivity contribution < 1.29 is 23.8 Å². The van der Waals surface area contributed by atoms with E-state index in [1.54, 1.807) is 20.8 Å². The quantitative estimate of drug-likeness (QED) is 0.616. The highest BCUT2D eigenvalue weighted by Gasteiger charge is 2.32. The maximum Gasteiger partial charge on any atom is 0.335 e. The summed E-state index contributed by atoms with van der Waals surface area (Å²) in [5.74, 6) is -1.67. The summed E-state index contributed by atoms with van der Waals surface area (Å²) in [6.45, 7) is 5.65.